The van der Waals surface area contributed by atoms with Gasteiger partial charge in [-0.15, -0.1) is 35.3 Å². The Morgan fingerprint density at radius 1 is 1.57 bits per heavy atom. The molecule has 0 aromatic carbocycles. The lowest BCUT2D eigenvalue weighted by molar-refractivity contribution is 0.157. The molecule has 0 aliphatic carbocycles. The van der Waals surface area contributed by atoms with E-state index < -0.39 is 0 Å². The van der Waals surface area contributed by atoms with Crippen molar-refractivity contribution in [2.75, 3.05) is 39.9 Å². The van der Waals surface area contributed by atoms with Crippen LogP contribution in [0.1, 0.15) is 30.5 Å². The Hall–Kier alpha value is -0.410. The van der Waals surface area contributed by atoms with E-state index in [1.54, 1.807) is 18.4 Å². The molecule has 5 nitrogen and oxygen atoms in total. The van der Waals surface area contributed by atoms with Gasteiger partial charge in [0, 0.05) is 56.7 Å². The van der Waals surface area contributed by atoms with Gasteiger partial charge in [-0.1, -0.05) is 0 Å². The van der Waals surface area contributed by atoms with Crippen LogP contribution in [0.4, 0.5) is 0 Å². The Kier molecular flexibility index (Phi) is 10.0. The predicted molar refractivity (Wildman–Crippen MR) is 108 cm³/mol. The average Bonchev–Trinajstić information content (AvgIpc) is 3.12. The molecule has 2 rings (SSSR count). The zero-order valence-electron chi connectivity index (χ0n) is 14.4. The monoisotopic (exact) mass is 452 g/mol. The minimum Gasteiger partial charge on any atom is -0.384 e. The SMILES string of the molecule is CCNC(=NCCCc1nc(C)cs1)N1CCC(COC)C1.I. The molecule has 1 saturated heterocycles. The van der Waals surface area contributed by atoms with E-state index in [2.05, 4.69) is 27.5 Å². The lowest BCUT2D eigenvalue weighted by Gasteiger charge is -2.21. The highest BCUT2D eigenvalue weighted by atomic mass is 127. The van der Waals surface area contributed by atoms with Crippen molar-refractivity contribution in [2.24, 2.45) is 10.9 Å². The van der Waals surface area contributed by atoms with Crippen LogP contribution in [0.15, 0.2) is 10.4 Å². The van der Waals surface area contributed by atoms with Crippen molar-refractivity contribution in [3.8, 4) is 0 Å². The quantitative estimate of drug-likeness (QED) is 0.299. The van der Waals surface area contributed by atoms with Crippen LogP contribution in [-0.4, -0.2) is 55.7 Å². The van der Waals surface area contributed by atoms with Gasteiger partial charge >= 0.3 is 0 Å². The molecule has 7 heteroatoms. The third-order valence-corrected chi connectivity index (χ3v) is 4.83. The van der Waals surface area contributed by atoms with E-state index in [-0.39, 0.29) is 24.0 Å². The van der Waals surface area contributed by atoms with Crippen LogP contribution < -0.4 is 5.32 Å². The van der Waals surface area contributed by atoms with Crippen LogP contribution in [0.5, 0.6) is 0 Å². The van der Waals surface area contributed by atoms with Gasteiger partial charge < -0.3 is 15.0 Å². The summed E-state index contributed by atoms with van der Waals surface area (Å²) < 4.78 is 5.27. The van der Waals surface area contributed by atoms with Crippen LogP contribution >= 0.6 is 35.3 Å². The van der Waals surface area contributed by atoms with Crippen molar-refractivity contribution in [1.29, 1.82) is 0 Å². The van der Waals surface area contributed by atoms with Gasteiger partial charge in [0.05, 0.1) is 11.6 Å². The largest absolute Gasteiger partial charge is 0.384 e. The lowest BCUT2D eigenvalue weighted by atomic mass is 10.1. The number of nitrogens with one attached hydrogen (secondary N) is 1. The van der Waals surface area contributed by atoms with Gasteiger partial charge in [-0.3, -0.25) is 4.99 Å². The summed E-state index contributed by atoms with van der Waals surface area (Å²) in [6.07, 6.45) is 3.27. The summed E-state index contributed by atoms with van der Waals surface area (Å²) in [5.41, 5.74) is 1.12. The number of aromatic nitrogens is 1. The maximum Gasteiger partial charge on any atom is 0.193 e. The molecule has 1 aliphatic rings. The molecule has 0 amide bonds. The standard InChI is InChI=1S/C16H28N4OS.HI/c1-4-17-16(20-9-7-14(10-20)11-21-3)18-8-5-6-15-19-13(2)12-22-15;/h12,14H,4-11H2,1-3H3,(H,17,18);1H. The van der Waals surface area contributed by atoms with Crippen LogP contribution in [0.2, 0.25) is 0 Å². The zero-order chi connectivity index (χ0) is 15.8. The molecule has 2 heterocycles. The molecule has 0 spiro atoms. The van der Waals surface area contributed by atoms with Crippen molar-refractivity contribution in [3.63, 3.8) is 0 Å². The molecule has 1 aliphatic heterocycles. The molecule has 1 atom stereocenters. The Balaban J connectivity index is 0.00000264. The minimum absolute atomic E-state index is 0. The number of ether oxygens (including phenoxy) is 1. The average molecular weight is 452 g/mol. The first-order valence-electron chi connectivity index (χ1n) is 8.16. The number of aryl methyl sites for hydroxylation is 2. The summed E-state index contributed by atoms with van der Waals surface area (Å²) in [5.74, 6) is 1.68. The molecule has 1 aromatic rings. The highest BCUT2D eigenvalue weighted by Crippen LogP contribution is 2.16. The van der Waals surface area contributed by atoms with Crippen LogP contribution in [0, 0.1) is 12.8 Å². The Bertz CT molecular complexity index is 480. The molecule has 1 aromatic heterocycles. The molecule has 1 fully saturated rings. The Morgan fingerprint density at radius 2 is 2.39 bits per heavy atom. The summed E-state index contributed by atoms with van der Waals surface area (Å²) in [4.78, 5) is 11.6. The normalized spacial score (nSPS) is 18.1. The number of methoxy groups -OCH3 is 1. The van der Waals surface area contributed by atoms with E-state index in [1.807, 2.05) is 6.92 Å². The summed E-state index contributed by atoms with van der Waals surface area (Å²) in [6.45, 7) is 8.90. The molecule has 132 valence electrons. The first-order chi connectivity index (χ1) is 10.7. The van der Waals surface area contributed by atoms with E-state index >= 15 is 0 Å². The number of rotatable bonds is 7. The molecule has 0 radical (unpaired) electrons. The number of aliphatic imine (C=N–C) groups is 1. The second kappa shape index (κ2) is 11.2. The van der Waals surface area contributed by atoms with E-state index in [1.165, 1.54) is 11.4 Å². The van der Waals surface area contributed by atoms with Crippen molar-refractivity contribution in [3.05, 3.63) is 16.1 Å². The highest BCUT2D eigenvalue weighted by molar-refractivity contribution is 14.0. The number of hydrogen-bond donors (Lipinski definition) is 1. The molecule has 0 saturated carbocycles. The number of thiazole rings is 1. The Morgan fingerprint density at radius 3 is 3.04 bits per heavy atom. The number of hydrogen-bond acceptors (Lipinski definition) is 4. The fourth-order valence-corrected chi connectivity index (χ4v) is 3.57. The molecule has 1 N–H and O–H groups in total. The van der Waals surface area contributed by atoms with Gasteiger partial charge in [-0.25, -0.2) is 4.98 Å². The third kappa shape index (κ3) is 6.93. The van der Waals surface area contributed by atoms with E-state index in [4.69, 9.17) is 9.73 Å². The van der Waals surface area contributed by atoms with Crippen LogP contribution in [-0.2, 0) is 11.2 Å². The first-order valence-corrected chi connectivity index (χ1v) is 9.04. The summed E-state index contributed by atoms with van der Waals surface area (Å²) in [6, 6.07) is 0. The highest BCUT2D eigenvalue weighted by Gasteiger charge is 2.24. The number of halogens is 1. The number of likely N-dealkylation sites (tertiary alicyclic amines) is 1. The van der Waals surface area contributed by atoms with Gasteiger partial charge in [0.1, 0.15) is 0 Å². The van der Waals surface area contributed by atoms with E-state index in [9.17, 15) is 0 Å². The van der Waals surface area contributed by atoms with Crippen molar-refractivity contribution < 1.29 is 4.74 Å². The van der Waals surface area contributed by atoms with Gasteiger partial charge in [-0.05, 0) is 26.7 Å². The fraction of sp³-hybridized carbons (Fsp3) is 0.750. The number of guanidine groups is 1. The molecule has 23 heavy (non-hydrogen) atoms. The van der Waals surface area contributed by atoms with E-state index in [0.717, 1.165) is 57.3 Å². The smallest absolute Gasteiger partial charge is 0.193 e. The van der Waals surface area contributed by atoms with Crippen molar-refractivity contribution in [2.45, 2.75) is 33.1 Å². The fourth-order valence-electron chi connectivity index (χ4n) is 2.76. The Labute approximate surface area is 160 Å². The summed E-state index contributed by atoms with van der Waals surface area (Å²) >= 11 is 1.75. The van der Waals surface area contributed by atoms with Gasteiger partial charge in [0.15, 0.2) is 5.96 Å². The second-order valence-electron chi connectivity index (χ2n) is 5.78. The van der Waals surface area contributed by atoms with Gasteiger partial charge in [0.25, 0.3) is 0 Å². The molecular weight excluding hydrogens is 423 g/mol. The first kappa shape index (κ1) is 20.6. The molecular formula is C16H29IN4OS. The second-order valence-corrected chi connectivity index (χ2v) is 6.72. The summed E-state index contributed by atoms with van der Waals surface area (Å²) in [5, 5.41) is 6.75. The minimum atomic E-state index is 0. The third-order valence-electron chi connectivity index (χ3n) is 3.80. The van der Waals surface area contributed by atoms with Gasteiger partial charge in [-0.2, -0.15) is 0 Å². The maximum atomic E-state index is 5.27. The predicted octanol–water partition coefficient (Wildman–Crippen LogP) is 2.94. The maximum absolute atomic E-state index is 5.27. The number of nitrogens with zero attached hydrogens (tertiary/aromatic N) is 3. The van der Waals surface area contributed by atoms with Crippen LogP contribution in [0.3, 0.4) is 0 Å². The summed E-state index contributed by atoms with van der Waals surface area (Å²) in [7, 11) is 1.78. The molecule has 1 unspecified atom stereocenters. The van der Waals surface area contributed by atoms with E-state index in [0.29, 0.717) is 5.92 Å². The topological polar surface area (TPSA) is 49.8 Å². The van der Waals surface area contributed by atoms with Crippen LogP contribution in [0.25, 0.3) is 0 Å². The lowest BCUT2D eigenvalue weighted by Crippen LogP contribution is -2.40. The van der Waals surface area contributed by atoms with Crippen molar-refractivity contribution >= 4 is 41.3 Å². The molecule has 0 bridgehead atoms. The van der Waals surface area contributed by atoms with Gasteiger partial charge in [0.2, 0.25) is 0 Å². The zero-order valence-corrected chi connectivity index (χ0v) is 17.5. The van der Waals surface area contributed by atoms with Crippen molar-refractivity contribution in [1.82, 2.24) is 15.2 Å².